The summed E-state index contributed by atoms with van der Waals surface area (Å²) in [7, 11) is 0. The summed E-state index contributed by atoms with van der Waals surface area (Å²) in [6.45, 7) is 5.40. The molecule has 1 fully saturated rings. The molecule has 4 heteroatoms. The molecule has 2 atom stereocenters. The van der Waals surface area contributed by atoms with Crippen LogP contribution in [0, 0.1) is 5.82 Å². The Hall–Kier alpha value is -0.250. The van der Waals surface area contributed by atoms with E-state index in [0.29, 0.717) is 11.1 Å². The van der Waals surface area contributed by atoms with Crippen molar-refractivity contribution in [1.82, 2.24) is 5.32 Å². The first kappa shape index (κ1) is 15.1. The first-order valence-corrected chi connectivity index (χ1v) is 8.23. The molecule has 2 unspecified atom stereocenters. The minimum atomic E-state index is -0.268. The highest BCUT2D eigenvalue weighted by atomic mass is 35.5. The number of halogens is 2. The number of rotatable bonds is 5. The molecule has 1 aliphatic heterocycles. The number of likely N-dealkylation sites (N-methyl/N-ethyl adjacent to an activating group) is 1. The summed E-state index contributed by atoms with van der Waals surface area (Å²) < 4.78 is 13.4. The predicted octanol–water partition coefficient (Wildman–Crippen LogP) is 4.29. The summed E-state index contributed by atoms with van der Waals surface area (Å²) in [5.41, 5.74) is 1.03. The Balaban J connectivity index is 2.16. The van der Waals surface area contributed by atoms with Crippen molar-refractivity contribution in [3.8, 4) is 0 Å². The van der Waals surface area contributed by atoms with Crippen LogP contribution in [0.15, 0.2) is 18.2 Å². The minimum Gasteiger partial charge on any atom is -0.313 e. The van der Waals surface area contributed by atoms with Crippen LogP contribution in [0.3, 0.4) is 0 Å². The van der Waals surface area contributed by atoms with Gasteiger partial charge in [-0.05, 0) is 56.2 Å². The summed E-state index contributed by atoms with van der Waals surface area (Å²) >= 11 is 8.19. The zero-order chi connectivity index (χ0) is 13.9. The molecule has 1 aromatic rings. The molecule has 0 aromatic heterocycles. The van der Waals surface area contributed by atoms with E-state index in [2.05, 4.69) is 19.2 Å². The van der Waals surface area contributed by atoms with E-state index in [4.69, 9.17) is 11.6 Å². The maximum absolute atomic E-state index is 13.1. The third-order valence-corrected chi connectivity index (χ3v) is 5.87. The summed E-state index contributed by atoms with van der Waals surface area (Å²) in [5.74, 6) is 0.963. The number of hydrogen-bond donors (Lipinski definition) is 1. The highest BCUT2D eigenvalue weighted by Crippen LogP contribution is 2.41. The highest BCUT2D eigenvalue weighted by molar-refractivity contribution is 8.00. The van der Waals surface area contributed by atoms with Gasteiger partial charge in [0.05, 0.1) is 0 Å². The van der Waals surface area contributed by atoms with Gasteiger partial charge in [-0.15, -0.1) is 0 Å². The average molecular weight is 302 g/mol. The van der Waals surface area contributed by atoms with Gasteiger partial charge in [0.25, 0.3) is 0 Å². The Kier molecular flexibility index (Phi) is 5.15. The van der Waals surface area contributed by atoms with E-state index in [1.807, 2.05) is 17.8 Å². The van der Waals surface area contributed by atoms with E-state index in [9.17, 15) is 4.39 Å². The summed E-state index contributed by atoms with van der Waals surface area (Å²) in [6.07, 6.45) is 3.37. The van der Waals surface area contributed by atoms with Crippen LogP contribution in [0.25, 0.3) is 0 Å². The van der Waals surface area contributed by atoms with Crippen LogP contribution in [0.2, 0.25) is 5.02 Å². The van der Waals surface area contributed by atoms with Crippen molar-refractivity contribution >= 4 is 23.4 Å². The molecule has 2 rings (SSSR count). The highest BCUT2D eigenvalue weighted by Gasteiger charge is 2.37. The van der Waals surface area contributed by atoms with Crippen LogP contribution >= 0.6 is 23.4 Å². The van der Waals surface area contributed by atoms with Crippen molar-refractivity contribution in [2.75, 3.05) is 12.3 Å². The maximum atomic E-state index is 13.1. The topological polar surface area (TPSA) is 12.0 Å². The van der Waals surface area contributed by atoms with Gasteiger partial charge < -0.3 is 5.32 Å². The van der Waals surface area contributed by atoms with Crippen LogP contribution in [0.5, 0.6) is 0 Å². The fourth-order valence-corrected chi connectivity index (χ4v) is 4.39. The number of benzene rings is 1. The molecule has 1 saturated heterocycles. The Labute approximate surface area is 124 Å². The molecule has 106 valence electrons. The summed E-state index contributed by atoms with van der Waals surface area (Å²) in [6, 6.07) is 5.09. The third-order valence-electron chi connectivity index (χ3n) is 3.88. The lowest BCUT2D eigenvalue weighted by molar-refractivity contribution is 0.406. The fourth-order valence-electron chi connectivity index (χ4n) is 2.73. The second-order valence-corrected chi connectivity index (χ2v) is 7.35. The zero-order valence-corrected chi connectivity index (χ0v) is 13.1. The van der Waals surface area contributed by atoms with Gasteiger partial charge >= 0.3 is 0 Å². The average Bonchev–Trinajstić information content (AvgIpc) is 2.80. The minimum absolute atomic E-state index is 0.258. The molecule has 0 radical (unpaired) electrons. The van der Waals surface area contributed by atoms with Crippen LogP contribution < -0.4 is 5.32 Å². The monoisotopic (exact) mass is 301 g/mol. The molecule has 0 saturated carbocycles. The molecule has 1 aromatic carbocycles. The molecule has 1 N–H and O–H groups in total. The van der Waals surface area contributed by atoms with E-state index in [1.54, 1.807) is 0 Å². The van der Waals surface area contributed by atoms with Gasteiger partial charge in [-0.3, -0.25) is 0 Å². The van der Waals surface area contributed by atoms with E-state index < -0.39 is 0 Å². The molecule has 0 bridgehead atoms. The van der Waals surface area contributed by atoms with Crippen molar-refractivity contribution in [2.45, 2.75) is 43.9 Å². The first-order chi connectivity index (χ1) is 9.05. The van der Waals surface area contributed by atoms with Crippen LogP contribution in [0.4, 0.5) is 4.39 Å². The van der Waals surface area contributed by atoms with Gasteiger partial charge in [-0.25, -0.2) is 4.39 Å². The quantitative estimate of drug-likeness (QED) is 0.871. The van der Waals surface area contributed by atoms with Gasteiger partial charge in [-0.1, -0.05) is 24.6 Å². The Morgan fingerprint density at radius 1 is 1.53 bits per heavy atom. The second kappa shape index (κ2) is 6.47. The standard InChI is InChI=1S/C15H21ClFNS/c1-3-18-14(15(2)7-4-8-19-15)9-11-5-6-12(17)10-13(11)16/h5-6,10,14,18H,3-4,7-9H2,1-2H3. The molecule has 0 aliphatic carbocycles. The summed E-state index contributed by atoms with van der Waals surface area (Å²) in [5, 5.41) is 4.12. The van der Waals surface area contributed by atoms with E-state index in [-0.39, 0.29) is 10.6 Å². The lowest BCUT2D eigenvalue weighted by atomic mass is 9.90. The third kappa shape index (κ3) is 3.65. The molecule has 19 heavy (non-hydrogen) atoms. The van der Waals surface area contributed by atoms with E-state index in [1.165, 1.54) is 30.7 Å². The second-order valence-electron chi connectivity index (χ2n) is 5.31. The van der Waals surface area contributed by atoms with Crippen molar-refractivity contribution < 1.29 is 4.39 Å². The van der Waals surface area contributed by atoms with Crippen LogP contribution in [0.1, 0.15) is 32.3 Å². The summed E-state index contributed by atoms with van der Waals surface area (Å²) in [4.78, 5) is 0. The lowest BCUT2D eigenvalue weighted by Crippen LogP contribution is -2.46. The molecule has 1 heterocycles. The fraction of sp³-hybridized carbons (Fsp3) is 0.600. The van der Waals surface area contributed by atoms with Gasteiger partial charge in [0.15, 0.2) is 0 Å². The number of thioether (sulfide) groups is 1. The lowest BCUT2D eigenvalue weighted by Gasteiger charge is -2.34. The van der Waals surface area contributed by atoms with Gasteiger partial charge in [0.1, 0.15) is 5.82 Å². The van der Waals surface area contributed by atoms with Gasteiger partial charge in [0.2, 0.25) is 0 Å². The van der Waals surface area contributed by atoms with Crippen molar-refractivity contribution in [3.63, 3.8) is 0 Å². The van der Waals surface area contributed by atoms with Crippen molar-refractivity contribution in [3.05, 3.63) is 34.6 Å². The number of nitrogens with one attached hydrogen (secondary N) is 1. The molecule has 1 nitrogen and oxygen atoms in total. The Morgan fingerprint density at radius 3 is 2.89 bits per heavy atom. The van der Waals surface area contributed by atoms with E-state index in [0.717, 1.165) is 18.5 Å². The van der Waals surface area contributed by atoms with E-state index >= 15 is 0 Å². The van der Waals surface area contributed by atoms with Gasteiger partial charge in [-0.2, -0.15) is 11.8 Å². The Bertz CT molecular complexity index is 432. The molecule has 0 amide bonds. The van der Waals surface area contributed by atoms with Gasteiger partial charge in [0, 0.05) is 15.8 Å². The van der Waals surface area contributed by atoms with Crippen molar-refractivity contribution in [1.29, 1.82) is 0 Å². The molecular formula is C15H21ClFNS. The normalized spacial score (nSPS) is 24.6. The SMILES string of the molecule is CCNC(Cc1ccc(F)cc1Cl)C1(C)CCCS1. The smallest absolute Gasteiger partial charge is 0.124 e. The van der Waals surface area contributed by atoms with Crippen LogP contribution in [-0.2, 0) is 6.42 Å². The maximum Gasteiger partial charge on any atom is 0.124 e. The Morgan fingerprint density at radius 2 is 2.32 bits per heavy atom. The molecule has 0 spiro atoms. The first-order valence-electron chi connectivity index (χ1n) is 6.86. The predicted molar refractivity (Wildman–Crippen MR) is 82.7 cm³/mol. The largest absolute Gasteiger partial charge is 0.313 e. The molecular weight excluding hydrogens is 281 g/mol. The van der Waals surface area contributed by atoms with Crippen LogP contribution in [-0.4, -0.2) is 23.1 Å². The molecule has 1 aliphatic rings. The zero-order valence-electron chi connectivity index (χ0n) is 11.5. The number of hydrogen-bond acceptors (Lipinski definition) is 2. The van der Waals surface area contributed by atoms with Crippen molar-refractivity contribution in [2.24, 2.45) is 0 Å².